The van der Waals surface area contributed by atoms with Gasteiger partial charge in [0, 0.05) is 9.13 Å². The number of methoxy groups -OCH3 is 1. The van der Waals surface area contributed by atoms with E-state index in [9.17, 15) is 9.59 Å². The number of aliphatic hydroxyl groups is 1. The second kappa shape index (κ2) is 6.55. The van der Waals surface area contributed by atoms with Gasteiger partial charge in [-0.15, -0.1) is 0 Å². The van der Waals surface area contributed by atoms with Crippen LogP contribution in [0.3, 0.4) is 0 Å². The predicted octanol–water partition coefficient (Wildman–Crippen LogP) is 0.555. The quantitative estimate of drug-likeness (QED) is 0.615. The molecule has 0 radical (unpaired) electrons. The SMILES string of the molecule is COC(=O)[C@H](CO)NC(=O)c1ccc(I)cc1. The zero-order valence-electron chi connectivity index (χ0n) is 9.14. The Morgan fingerprint density at radius 1 is 1.41 bits per heavy atom. The minimum absolute atomic E-state index is 0.424. The van der Waals surface area contributed by atoms with Gasteiger partial charge in [-0.25, -0.2) is 4.79 Å². The Bertz CT molecular complexity index is 404. The van der Waals surface area contributed by atoms with Gasteiger partial charge < -0.3 is 15.2 Å². The fourth-order valence-electron chi connectivity index (χ4n) is 1.16. The summed E-state index contributed by atoms with van der Waals surface area (Å²) in [7, 11) is 1.20. The van der Waals surface area contributed by atoms with Gasteiger partial charge in [-0.1, -0.05) is 0 Å². The molecule has 0 aliphatic carbocycles. The third-order valence-electron chi connectivity index (χ3n) is 2.08. The van der Waals surface area contributed by atoms with Crippen molar-refractivity contribution >= 4 is 34.5 Å². The van der Waals surface area contributed by atoms with Crippen molar-refractivity contribution in [3.05, 3.63) is 33.4 Å². The number of hydrogen-bond acceptors (Lipinski definition) is 4. The highest BCUT2D eigenvalue weighted by Crippen LogP contribution is 2.06. The summed E-state index contributed by atoms with van der Waals surface area (Å²) >= 11 is 2.12. The lowest BCUT2D eigenvalue weighted by molar-refractivity contribution is -0.143. The van der Waals surface area contributed by atoms with Gasteiger partial charge in [0.15, 0.2) is 6.04 Å². The second-order valence-electron chi connectivity index (χ2n) is 3.24. The highest BCUT2D eigenvalue weighted by atomic mass is 127. The number of benzene rings is 1. The first kappa shape index (κ1) is 13.9. The Morgan fingerprint density at radius 2 is 2.00 bits per heavy atom. The lowest BCUT2D eigenvalue weighted by Gasteiger charge is -2.13. The number of hydrogen-bond donors (Lipinski definition) is 2. The monoisotopic (exact) mass is 349 g/mol. The molecule has 0 heterocycles. The Balaban J connectivity index is 2.71. The fraction of sp³-hybridized carbons (Fsp3) is 0.273. The van der Waals surface area contributed by atoms with Crippen molar-refractivity contribution < 1.29 is 19.4 Å². The molecule has 1 aromatic carbocycles. The van der Waals surface area contributed by atoms with E-state index >= 15 is 0 Å². The molecule has 92 valence electrons. The van der Waals surface area contributed by atoms with E-state index in [-0.39, 0.29) is 0 Å². The van der Waals surface area contributed by atoms with E-state index in [1.807, 2.05) is 0 Å². The Morgan fingerprint density at radius 3 is 2.47 bits per heavy atom. The summed E-state index contributed by atoms with van der Waals surface area (Å²) in [5.74, 6) is -1.10. The molecule has 0 spiro atoms. The van der Waals surface area contributed by atoms with Crippen molar-refractivity contribution in [1.82, 2.24) is 5.32 Å². The Hall–Kier alpha value is -1.15. The van der Waals surface area contributed by atoms with Crippen molar-refractivity contribution in [2.24, 2.45) is 0 Å². The molecule has 6 heteroatoms. The summed E-state index contributed by atoms with van der Waals surface area (Å²) < 4.78 is 5.45. The first-order chi connectivity index (χ1) is 8.08. The summed E-state index contributed by atoms with van der Waals surface area (Å²) in [6.45, 7) is -0.497. The molecule has 1 rings (SSSR count). The number of halogens is 1. The molecule has 1 aromatic rings. The van der Waals surface area contributed by atoms with Gasteiger partial charge >= 0.3 is 5.97 Å². The first-order valence-corrected chi connectivity index (χ1v) is 5.91. The van der Waals surface area contributed by atoms with Crippen LogP contribution in [0.4, 0.5) is 0 Å². The third-order valence-corrected chi connectivity index (χ3v) is 2.80. The molecule has 1 atom stereocenters. The summed E-state index contributed by atoms with van der Waals surface area (Å²) in [5.41, 5.74) is 0.424. The smallest absolute Gasteiger partial charge is 0.330 e. The first-order valence-electron chi connectivity index (χ1n) is 4.83. The predicted molar refractivity (Wildman–Crippen MR) is 69.5 cm³/mol. The van der Waals surface area contributed by atoms with E-state index in [2.05, 4.69) is 32.6 Å². The lowest BCUT2D eigenvalue weighted by atomic mass is 10.2. The average Bonchev–Trinajstić information content (AvgIpc) is 2.35. The molecule has 0 bridgehead atoms. The molecule has 0 saturated carbocycles. The normalized spacial score (nSPS) is 11.7. The van der Waals surface area contributed by atoms with Crippen LogP contribution >= 0.6 is 22.6 Å². The molecule has 0 aromatic heterocycles. The molecule has 1 amide bonds. The van der Waals surface area contributed by atoms with E-state index in [1.54, 1.807) is 24.3 Å². The zero-order chi connectivity index (χ0) is 12.8. The van der Waals surface area contributed by atoms with E-state index < -0.39 is 24.5 Å². The molecule has 0 aliphatic heterocycles. The van der Waals surface area contributed by atoms with E-state index in [0.717, 1.165) is 3.57 Å². The van der Waals surface area contributed by atoms with Crippen LogP contribution in [-0.2, 0) is 9.53 Å². The van der Waals surface area contributed by atoms with Gasteiger partial charge in [-0.05, 0) is 46.9 Å². The number of amides is 1. The fourth-order valence-corrected chi connectivity index (χ4v) is 1.52. The molecule has 0 fully saturated rings. The summed E-state index contributed by atoms with van der Waals surface area (Å²) in [6.07, 6.45) is 0. The van der Waals surface area contributed by atoms with Gasteiger partial charge in [-0.3, -0.25) is 4.79 Å². The topological polar surface area (TPSA) is 75.6 Å². The maximum atomic E-state index is 11.7. The molecule has 0 saturated heterocycles. The highest BCUT2D eigenvalue weighted by Gasteiger charge is 2.20. The molecular formula is C11H12INO4. The number of carbonyl (C=O) groups excluding carboxylic acids is 2. The standard InChI is InChI=1S/C11H12INO4/c1-17-11(16)9(6-14)13-10(15)7-2-4-8(12)5-3-7/h2-5,9,14H,6H2,1H3,(H,13,15)/t9-/m0/s1. The number of aliphatic hydroxyl groups excluding tert-OH is 1. The van der Waals surface area contributed by atoms with Crippen molar-refractivity contribution in [2.45, 2.75) is 6.04 Å². The summed E-state index contributed by atoms with van der Waals surface area (Å²) in [5, 5.41) is 11.3. The van der Waals surface area contributed by atoms with E-state index in [0.29, 0.717) is 5.56 Å². The number of carbonyl (C=O) groups is 2. The van der Waals surface area contributed by atoms with E-state index in [4.69, 9.17) is 5.11 Å². The van der Waals surface area contributed by atoms with Gasteiger partial charge in [0.25, 0.3) is 5.91 Å². The zero-order valence-corrected chi connectivity index (χ0v) is 11.3. The van der Waals surface area contributed by atoms with Crippen LogP contribution in [0.15, 0.2) is 24.3 Å². The largest absolute Gasteiger partial charge is 0.467 e. The molecule has 2 N–H and O–H groups in total. The van der Waals surface area contributed by atoms with Crippen LogP contribution in [-0.4, -0.2) is 36.7 Å². The molecular weight excluding hydrogens is 337 g/mol. The number of ether oxygens (including phenoxy) is 1. The van der Waals surface area contributed by atoms with Crippen LogP contribution in [0, 0.1) is 3.57 Å². The molecule has 5 nitrogen and oxygen atoms in total. The minimum Gasteiger partial charge on any atom is -0.467 e. The van der Waals surface area contributed by atoms with Gasteiger partial charge in [0.1, 0.15) is 0 Å². The van der Waals surface area contributed by atoms with Crippen LogP contribution in [0.2, 0.25) is 0 Å². The van der Waals surface area contributed by atoms with Gasteiger partial charge in [0.05, 0.1) is 13.7 Å². The van der Waals surface area contributed by atoms with Gasteiger partial charge in [0.2, 0.25) is 0 Å². The molecule has 0 unspecified atom stereocenters. The van der Waals surface area contributed by atoms with Crippen molar-refractivity contribution in [3.8, 4) is 0 Å². The summed E-state index contributed by atoms with van der Waals surface area (Å²) in [6, 6.07) is 5.81. The minimum atomic E-state index is -1.04. The summed E-state index contributed by atoms with van der Waals surface area (Å²) in [4.78, 5) is 22.9. The van der Waals surface area contributed by atoms with Crippen LogP contribution < -0.4 is 5.32 Å². The van der Waals surface area contributed by atoms with Crippen LogP contribution in [0.25, 0.3) is 0 Å². The van der Waals surface area contributed by atoms with Crippen molar-refractivity contribution in [1.29, 1.82) is 0 Å². The Kier molecular flexibility index (Phi) is 5.36. The van der Waals surface area contributed by atoms with Crippen molar-refractivity contribution in [2.75, 3.05) is 13.7 Å². The Labute approximate surface area is 112 Å². The number of esters is 1. The maximum Gasteiger partial charge on any atom is 0.330 e. The third kappa shape index (κ3) is 3.97. The van der Waals surface area contributed by atoms with Crippen molar-refractivity contribution in [3.63, 3.8) is 0 Å². The van der Waals surface area contributed by atoms with Gasteiger partial charge in [-0.2, -0.15) is 0 Å². The number of nitrogens with one attached hydrogen (secondary N) is 1. The van der Waals surface area contributed by atoms with Crippen LogP contribution in [0.5, 0.6) is 0 Å². The maximum absolute atomic E-state index is 11.7. The number of rotatable bonds is 4. The molecule has 17 heavy (non-hydrogen) atoms. The van der Waals surface area contributed by atoms with Crippen LogP contribution in [0.1, 0.15) is 10.4 Å². The van der Waals surface area contributed by atoms with E-state index in [1.165, 1.54) is 7.11 Å². The highest BCUT2D eigenvalue weighted by molar-refractivity contribution is 14.1. The average molecular weight is 349 g/mol. The lowest BCUT2D eigenvalue weighted by Crippen LogP contribution is -2.44. The molecule has 0 aliphatic rings. The second-order valence-corrected chi connectivity index (χ2v) is 4.48.